The molecule has 0 unspecified atom stereocenters. The fourth-order valence-corrected chi connectivity index (χ4v) is 0.771. The van der Waals surface area contributed by atoms with Crippen LogP contribution in [0, 0.1) is 0 Å². The summed E-state index contributed by atoms with van der Waals surface area (Å²) in [5.41, 5.74) is 0.218. The van der Waals surface area contributed by atoms with Gasteiger partial charge in [0.05, 0.1) is 0 Å². The molecule has 0 fully saturated rings. The molecule has 0 bridgehead atoms. The van der Waals surface area contributed by atoms with Gasteiger partial charge in [-0.1, -0.05) is 12.2 Å². The van der Waals surface area contributed by atoms with E-state index in [2.05, 4.69) is 0 Å². The van der Waals surface area contributed by atoms with Crippen molar-refractivity contribution in [3.05, 3.63) is 20.7 Å². The second kappa shape index (κ2) is 1.58. The third-order valence-electron chi connectivity index (χ3n) is 1.29. The molecule has 1 aromatic carbocycles. The van der Waals surface area contributed by atoms with Crippen molar-refractivity contribution in [1.82, 2.24) is 0 Å². The Morgan fingerprint density at radius 3 is 1.62 bits per heavy atom. The van der Waals surface area contributed by atoms with Gasteiger partial charge >= 0.3 is 0 Å². The highest BCUT2D eigenvalue weighted by Gasteiger charge is 2.00. The monoisotopic (exact) mass is 108 g/mol. The molecule has 0 aliphatic rings. The van der Waals surface area contributed by atoms with Crippen molar-refractivity contribution in [3.8, 4) is 0 Å². The van der Waals surface area contributed by atoms with Gasteiger partial charge in [0.2, 0.25) is 0 Å². The molecule has 8 heavy (non-hydrogen) atoms. The van der Waals surface area contributed by atoms with Crippen LogP contribution in [0.1, 0.15) is 13.8 Å². The van der Waals surface area contributed by atoms with Crippen molar-refractivity contribution >= 4 is 12.2 Å². The minimum Gasteiger partial charge on any atom is -0.289 e. The molecule has 0 saturated carbocycles. The minimum atomic E-state index is 0.218. The molecule has 1 rings (SSSR count). The van der Waals surface area contributed by atoms with E-state index in [1.807, 2.05) is 26.0 Å². The molecular weight excluding hydrogens is 100 g/mol. The van der Waals surface area contributed by atoms with Gasteiger partial charge in [0.15, 0.2) is 5.43 Å². The Bertz CT molecular complexity index is 268. The predicted molar refractivity (Wildman–Crippen MR) is 34.6 cm³/mol. The van der Waals surface area contributed by atoms with Crippen molar-refractivity contribution in [1.29, 1.82) is 0 Å². The third kappa shape index (κ3) is 0.513. The zero-order chi connectivity index (χ0) is 6.15. The van der Waals surface area contributed by atoms with E-state index in [1.165, 1.54) is 0 Å². The number of rotatable bonds is 0. The van der Waals surface area contributed by atoms with Crippen LogP contribution in [-0.4, -0.2) is 0 Å². The fraction of sp³-hybridized carbons (Fsp3) is 0.286. The average molecular weight is 108 g/mol. The van der Waals surface area contributed by atoms with Crippen molar-refractivity contribution in [2.45, 2.75) is 13.8 Å². The maximum absolute atomic E-state index is 10.5. The van der Waals surface area contributed by atoms with Crippen LogP contribution in [0.15, 0.2) is 4.79 Å². The topological polar surface area (TPSA) is 17.1 Å². The van der Waals surface area contributed by atoms with Crippen LogP contribution in [0.4, 0.5) is 0 Å². The highest BCUT2D eigenvalue weighted by atomic mass is 16.1. The molecule has 0 saturated heterocycles. The first-order chi connectivity index (χ1) is 3.81. The molecule has 0 amide bonds. The van der Waals surface area contributed by atoms with Crippen molar-refractivity contribution in [2.75, 3.05) is 0 Å². The molecule has 0 aliphatic heterocycles. The summed E-state index contributed by atoms with van der Waals surface area (Å²) in [6.07, 6.45) is 3.69. The molecule has 1 nitrogen and oxygen atoms in total. The highest BCUT2D eigenvalue weighted by molar-refractivity contribution is 5.35. The Balaban J connectivity index is 3.45. The Kier molecular flexibility index (Phi) is 1.05. The Morgan fingerprint density at radius 1 is 1.12 bits per heavy atom. The lowest BCUT2D eigenvalue weighted by Crippen LogP contribution is -1.93. The molecule has 0 spiro atoms. The van der Waals surface area contributed by atoms with E-state index in [4.69, 9.17) is 0 Å². The van der Waals surface area contributed by atoms with Gasteiger partial charge in [-0.25, -0.2) is 0 Å². The van der Waals surface area contributed by atoms with Crippen LogP contribution in [0.3, 0.4) is 0 Å². The second-order valence-electron chi connectivity index (χ2n) is 1.73. The first kappa shape index (κ1) is 5.29. The maximum atomic E-state index is 10.5. The largest absolute Gasteiger partial charge is 0.289 e. The first-order valence-electron chi connectivity index (χ1n) is 2.69. The molecular formula is C7H8O. The summed E-state index contributed by atoms with van der Waals surface area (Å²) < 4.78 is 0. The van der Waals surface area contributed by atoms with Gasteiger partial charge in [-0.05, 0) is 13.8 Å². The summed E-state index contributed by atoms with van der Waals surface area (Å²) in [5.74, 6) is 0. The summed E-state index contributed by atoms with van der Waals surface area (Å²) in [4.78, 5) is 10.5. The van der Waals surface area contributed by atoms with E-state index in [0.717, 1.165) is 10.4 Å². The zero-order valence-electron chi connectivity index (χ0n) is 5.06. The first-order valence-corrected chi connectivity index (χ1v) is 2.69. The van der Waals surface area contributed by atoms with E-state index in [1.54, 1.807) is 0 Å². The standard InChI is InChI=1S/C7H8O/c1-3-5-6(4-2)7(5)8/h3-4H,1-2H3. The Hall–Kier alpha value is -0.850. The van der Waals surface area contributed by atoms with Gasteiger partial charge in [0.1, 0.15) is 0 Å². The molecule has 0 radical (unpaired) electrons. The Morgan fingerprint density at radius 2 is 1.50 bits per heavy atom. The summed E-state index contributed by atoms with van der Waals surface area (Å²) in [5, 5.41) is 1.79. The SMILES string of the molecule is CC=c1c(=O)c1=CC. The van der Waals surface area contributed by atoms with E-state index in [-0.39, 0.29) is 5.43 Å². The molecule has 1 aromatic rings. The molecule has 1 heteroatoms. The molecule has 0 aliphatic carbocycles. The third-order valence-corrected chi connectivity index (χ3v) is 1.29. The van der Waals surface area contributed by atoms with E-state index in [9.17, 15) is 4.79 Å². The lowest BCUT2D eigenvalue weighted by Gasteiger charge is -1.49. The number of hydrogen-bond acceptors (Lipinski definition) is 1. The van der Waals surface area contributed by atoms with E-state index >= 15 is 0 Å². The molecule has 42 valence electrons. The van der Waals surface area contributed by atoms with Crippen LogP contribution in [-0.2, 0) is 0 Å². The van der Waals surface area contributed by atoms with Gasteiger partial charge in [0, 0.05) is 10.4 Å². The Labute approximate surface area is 47.6 Å². The fourth-order valence-electron chi connectivity index (χ4n) is 0.771. The van der Waals surface area contributed by atoms with Gasteiger partial charge in [0.25, 0.3) is 0 Å². The van der Waals surface area contributed by atoms with Gasteiger partial charge in [-0.15, -0.1) is 0 Å². The summed E-state index contributed by atoms with van der Waals surface area (Å²) in [6, 6.07) is 0. The van der Waals surface area contributed by atoms with Gasteiger partial charge < -0.3 is 0 Å². The molecule has 0 N–H and O–H groups in total. The number of hydrogen-bond donors (Lipinski definition) is 0. The lowest BCUT2D eigenvalue weighted by atomic mass is 10.6. The van der Waals surface area contributed by atoms with E-state index < -0.39 is 0 Å². The van der Waals surface area contributed by atoms with Crippen LogP contribution in [0.5, 0.6) is 0 Å². The summed E-state index contributed by atoms with van der Waals surface area (Å²) in [7, 11) is 0. The summed E-state index contributed by atoms with van der Waals surface area (Å²) >= 11 is 0. The van der Waals surface area contributed by atoms with Crippen molar-refractivity contribution in [3.63, 3.8) is 0 Å². The predicted octanol–water partition coefficient (Wildman–Crippen LogP) is -0.477. The summed E-state index contributed by atoms with van der Waals surface area (Å²) in [6.45, 7) is 3.76. The molecule has 0 atom stereocenters. The van der Waals surface area contributed by atoms with Crippen molar-refractivity contribution in [2.24, 2.45) is 0 Å². The van der Waals surface area contributed by atoms with Crippen LogP contribution >= 0.6 is 0 Å². The molecule has 0 aromatic heterocycles. The smallest absolute Gasteiger partial charge is 0.193 e. The van der Waals surface area contributed by atoms with Crippen molar-refractivity contribution < 1.29 is 0 Å². The highest BCUT2D eigenvalue weighted by Crippen LogP contribution is 1.55. The normalized spacial score (nSPS) is 16.2. The van der Waals surface area contributed by atoms with Crippen LogP contribution in [0.25, 0.3) is 12.2 Å². The molecule has 0 heterocycles. The van der Waals surface area contributed by atoms with Crippen LogP contribution in [0.2, 0.25) is 0 Å². The average Bonchev–Trinajstić information content (AvgIpc) is 2.40. The lowest BCUT2D eigenvalue weighted by molar-refractivity contribution is 1.82. The van der Waals surface area contributed by atoms with E-state index in [0.29, 0.717) is 0 Å². The maximum Gasteiger partial charge on any atom is 0.193 e. The van der Waals surface area contributed by atoms with Gasteiger partial charge in [-0.3, -0.25) is 4.79 Å². The zero-order valence-corrected chi connectivity index (χ0v) is 5.06. The minimum absolute atomic E-state index is 0.218. The second-order valence-corrected chi connectivity index (χ2v) is 1.73. The van der Waals surface area contributed by atoms with Gasteiger partial charge in [-0.2, -0.15) is 0 Å². The van der Waals surface area contributed by atoms with Crippen LogP contribution < -0.4 is 15.9 Å². The quantitative estimate of drug-likeness (QED) is 0.439.